The van der Waals surface area contributed by atoms with Crippen LogP contribution in [0.3, 0.4) is 0 Å². The van der Waals surface area contributed by atoms with Crippen LogP contribution in [0.5, 0.6) is 0 Å². The SMILES string of the molecule is CCC(CC)C(=O)/C=C(\O)C(CC)CC.Cc1[c-]c(-c2cc3cc(-c4ccc(F)cc4)oc3cn2)cc(C)c1.[Ir]. The first-order chi connectivity index (χ1) is 18.7. The van der Waals surface area contributed by atoms with Crippen LogP contribution >= 0.6 is 0 Å². The molecule has 0 unspecified atom stereocenters. The Hall–Kier alpha value is -3.08. The molecule has 4 aromatic rings. The minimum absolute atomic E-state index is 0. The van der Waals surface area contributed by atoms with Crippen LogP contribution in [-0.2, 0) is 24.9 Å². The molecule has 215 valence electrons. The Morgan fingerprint density at radius 1 is 0.975 bits per heavy atom. The molecule has 1 radical (unpaired) electrons. The summed E-state index contributed by atoms with van der Waals surface area (Å²) >= 11 is 0. The zero-order valence-electron chi connectivity index (χ0n) is 24.2. The molecule has 4 rings (SSSR count). The van der Waals surface area contributed by atoms with Gasteiger partial charge in [0, 0.05) is 49.0 Å². The summed E-state index contributed by atoms with van der Waals surface area (Å²) in [7, 11) is 0. The number of benzene rings is 2. The number of furan rings is 1. The van der Waals surface area contributed by atoms with Crippen LogP contribution in [0.4, 0.5) is 4.39 Å². The molecule has 0 fully saturated rings. The maximum Gasteiger partial charge on any atom is 0.162 e. The maximum atomic E-state index is 13.1. The zero-order valence-corrected chi connectivity index (χ0v) is 26.6. The van der Waals surface area contributed by atoms with Gasteiger partial charge in [-0.05, 0) is 61.7 Å². The quantitative estimate of drug-likeness (QED) is 0.106. The van der Waals surface area contributed by atoms with Gasteiger partial charge in [0.05, 0.1) is 12.0 Å². The number of aromatic nitrogens is 1. The molecule has 0 spiro atoms. The fourth-order valence-corrected chi connectivity index (χ4v) is 4.66. The van der Waals surface area contributed by atoms with E-state index in [0.717, 1.165) is 53.5 Å². The number of nitrogens with zero attached hydrogens (tertiary/aromatic N) is 1. The number of carbonyl (C=O) groups excluding carboxylic acids is 1. The van der Waals surface area contributed by atoms with E-state index in [4.69, 9.17) is 4.42 Å². The second-order valence-electron chi connectivity index (χ2n) is 9.98. The first-order valence-corrected chi connectivity index (χ1v) is 13.8. The molecule has 40 heavy (non-hydrogen) atoms. The van der Waals surface area contributed by atoms with E-state index in [9.17, 15) is 14.3 Å². The Kier molecular flexibility index (Phi) is 13.0. The number of aliphatic hydroxyl groups excluding tert-OH is 1. The number of ketones is 1. The number of halogens is 1. The van der Waals surface area contributed by atoms with E-state index >= 15 is 0 Å². The molecule has 1 N–H and O–H groups in total. The summed E-state index contributed by atoms with van der Waals surface area (Å²) in [5.74, 6) is 0.989. The predicted octanol–water partition coefficient (Wildman–Crippen LogP) is 9.59. The van der Waals surface area contributed by atoms with E-state index in [2.05, 4.69) is 30.1 Å². The van der Waals surface area contributed by atoms with Crippen LogP contribution in [0.15, 0.2) is 71.0 Å². The van der Waals surface area contributed by atoms with E-state index in [-0.39, 0.29) is 49.3 Å². The topological polar surface area (TPSA) is 63.3 Å². The smallest absolute Gasteiger partial charge is 0.162 e. The number of hydrogen-bond donors (Lipinski definition) is 1. The Bertz CT molecular complexity index is 1400. The molecule has 0 saturated heterocycles. The molecular weight excluding hydrogens is 682 g/mol. The first kappa shape index (κ1) is 33.1. The molecule has 0 bridgehead atoms. The summed E-state index contributed by atoms with van der Waals surface area (Å²) < 4.78 is 18.9. The van der Waals surface area contributed by atoms with Crippen molar-refractivity contribution >= 4 is 16.8 Å². The van der Waals surface area contributed by atoms with Gasteiger partial charge in [-0.15, -0.1) is 34.9 Å². The minimum atomic E-state index is -0.260. The third-order valence-corrected chi connectivity index (χ3v) is 7.04. The molecule has 6 heteroatoms. The van der Waals surface area contributed by atoms with Crippen LogP contribution in [0.2, 0.25) is 0 Å². The Morgan fingerprint density at radius 2 is 1.60 bits per heavy atom. The number of carbonyl (C=O) groups is 1. The van der Waals surface area contributed by atoms with Crippen molar-refractivity contribution in [2.75, 3.05) is 0 Å². The van der Waals surface area contributed by atoms with Gasteiger partial charge in [0.1, 0.15) is 11.6 Å². The second-order valence-corrected chi connectivity index (χ2v) is 9.98. The largest absolute Gasteiger partial charge is 0.512 e. The molecule has 0 aliphatic carbocycles. The number of allylic oxidation sites excluding steroid dienone is 2. The van der Waals surface area contributed by atoms with Gasteiger partial charge in [0.2, 0.25) is 0 Å². The Labute approximate surface area is 251 Å². The van der Waals surface area contributed by atoms with Gasteiger partial charge in [-0.2, -0.15) is 0 Å². The Balaban J connectivity index is 0.000000307. The molecule has 0 saturated carbocycles. The van der Waals surface area contributed by atoms with Gasteiger partial charge in [0.15, 0.2) is 11.4 Å². The zero-order chi connectivity index (χ0) is 28.5. The summed E-state index contributed by atoms with van der Waals surface area (Å²) in [6.07, 6.45) is 6.63. The van der Waals surface area contributed by atoms with Crippen molar-refractivity contribution in [2.24, 2.45) is 11.8 Å². The first-order valence-electron chi connectivity index (χ1n) is 13.8. The van der Waals surface area contributed by atoms with Crippen molar-refractivity contribution in [3.05, 3.63) is 89.6 Å². The third-order valence-electron chi connectivity index (χ3n) is 7.04. The molecule has 2 aromatic carbocycles. The van der Waals surface area contributed by atoms with Gasteiger partial charge >= 0.3 is 0 Å². The summed E-state index contributed by atoms with van der Waals surface area (Å²) in [6, 6.07) is 17.7. The number of pyridine rings is 1. The molecule has 2 heterocycles. The number of aliphatic hydroxyl groups is 1. The van der Waals surface area contributed by atoms with Gasteiger partial charge in [-0.3, -0.25) is 4.79 Å². The van der Waals surface area contributed by atoms with Gasteiger partial charge in [-0.25, -0.2) is 4.39 Å². The fraction of sp³-hybridized carbons (Fsp3) is 0.353. The normalized spacial score (nSPS) is 11.4. The predicted molar refractivity (Wildman–Crippen MR) is 157 cm³/mol. The number of aryl methyl sites for hydroxylation is 2. The van der Waals surface area contributed by atoms with Gasteiger partial charge in [0.25, 0.3) is 0 Å². The molecule has 0 amide bonds. The molecule has 2 aromatic heterocycles. The summed E-state index contributed by atoms with van der Waals surface area (Å²) in [5.41, 5.74) is 5.66. The van der Waals surface area contributed by atoms with Gasteiger partial charge < -0.3 is 14.5 Å². The van der Waals surface area contributed by atoms with E-state index < -0.39 is 0 Å². The number of rotatable bonds is 9. The van der Waals surface area contributed by atoms with E-state index in [1.165, 1.54) is 23.8 Å². The molecule has 4 nitrogen and oxygen atoms in total. The fourth-order valence-electron chi connectivity index (χ4n) is 4.66. The van der Waals surface area contributed by atoms with E-state index in [1.807, 2.05) is 46.8 Å². The molecule has 0 atom stereocenters. The maximum absolute atomic E-state index is 13.1. The van der Waals surface area contributed by atoms with E-state index in [0.29, 0.717) is 11.3 Å². The summed E-state index contributed by atoms with van der Waals surface area (Å²) in [6.45, 7) is 12.2. The van der Waals surface area contributed by atoms with Crippen molar-refractivity contribution in [1.82, 2.24) is 4.98 Å². The minimum Gasteiger partial charge on any atom is -0.512 e. The average Bonchev–Trinajstić information content (AvgIpc) is 3.34. The molecular formula is C34H39FIrNO3-. The third kappa shape index (κ3) is 8.71. The van der Waals surface area contributed by atoms with Crippen LogP contribution in [0.25, 0.3) is 33.6 Å². The van der Waals surface area contributed by atoms with Crippen LogP contribution in [0, 0.1) is 37.6 Å². The average molecular weight is 721 g/mol. The molecule has 0 aliphatic heterocycles. The standard InChI is InChI=1S/C21H15FNO.C13H24O2.Ir/c1-13-7-14(2)9-16(8-13)19-10-17-11-20(24-21(17)12-23-19)15-3-5-18(22)6-4-15;1-5-10(6-2)12(14)9-13(15)11(7-3)8-4;/h3-8,10-12H,1-2H3;9-11,14H,5-8H2,1-4H3;/q-1;;/b;12-9-;. The van der Waals surface area contributed by atoms with Gasteiger partial charge in [-0.1, -0.05) is 47.6 Å². The summed E-state index contributed by atoms with van der Waals surface area (Å²) in [5, 5.41) is 10.7. The van der Waals surface area contributed by atoms with E-state index in [1.54, 1.807) is 18.3 Å². The molecule has 0 aliphatic rings. The summed E-state index contributed by atoms with van der Waals surface area (Å²) in [4.78, 5) is 16.2. The van der Waals surface area contributed by atoms with Crippen molar-refractivity contribution in [3.63, 3.8) is 0 Å². The second kappa shape index (κ2) is 15.6. The van der Waals surface area contributed by atoms with Crippen molar-refractivity contribution < 1.29 is 38.8 Å². The van der Waals surface area contributed by atoms with Crippen LogP contribution in [-0.4, -0.2) is 15.9 Å². The van der Waals surface area contributed by atoms with Crippen molar-refractivity contribution in [2.45, 2.75) is 67.2 Å². The van der Waals surface area contributed by atoms with Crippen molar-refractivity contribution in [3.8, 4) is 22.6 Å². The number of hydrogen-bond acceptors (Lipinski definition) is 4. The van der Waals surface area contributed by atoms with Crippen LogP contribution in [0.1, 0.15) is 64.5 Å². The monoisotopic (exact) mass is 721 g/mol. The number of fused-ring (bicyclic) bond motifs is 1. The van der Waals surface area contributed by atoms with Crippen LogP contribution < -0.4 is 0 Å². The Morgan fingerprint density at radius 3 is 2.17 bits per heavy atom. The van der Waals surface area contributed by atoms with Crippen molar-refractivity contribution in [1.29, 1.82) is 0 Å².